The number of thiophene rings is 1. The fourth-order valence-corrected chi connectivity index (χ4v) is 5.08. The average Bonchev–Trinajstić information content (AvgIpc) is 3.28. The Morgan fingerprint density at radius 3 is 2.60 bits per heavy atom. The molecule has 30 heavy (non-hydrogen) atoms. The summed E-state index contributed by atoms with van der Waals surface area (Å²) in [6.45, 7) is 4.02. The number of aryl methyl sites for hydroxylation is 1. The first-order valence-electron chi connectivity index (χ1n) is 10.1. The summed E-state index contributed by atoms with van der Waals surface area (Å²) in [5.74, 6) is 0.442. The van der Waals surface area contributed by atoms with E-state index in [1.54, 1.807) is 11.0 Å². The molecule has 0 saturated carbocycles. The van der Waals surface area contributed by atoms with Gasteiger partial charge in [-0.15, -0.1) is 11.3 Å². The van der Waals surface area contributed by atoms with E-state index in [1.165, 1.54) is 21.8 Å². The number of para-hydroxylation sites is 1. The lowest BCUT2D eigenvalue weighted by molar-refractivity contribution is 0.00284. The topological polar surface area (TPSA) is 49.9 Å². The second kappa shape index (κ2) is 6.99. The zero-order chi connectivity index (χ0) is 20.9. The molecule has 0 spiro atoms. The lowest BCUT2D eigenvalue weighted by Gasteiger charge is -2.53. The Labute approximate surface area is 179 Å². The van der Waals surface area contributed by atoms with Crippen LogP contribution in [0.4, 0.5) is 10.5 Å². The van der Waals surface area contributed by atoms with Crippen molar-refractivity contribution in [1.29, 1.82) is 0 Å². The minimum absolute atomic E-state index is 0.270. The molecule has 5 rings (SSSR count). The van der Waals surface area contributed by atoms with Crippen molar-refractivity contribution in [3.05, 3.63) is 82.0 Å². The maximum absolute atomic E-state index is 13.8. The zero-order valence-corrected chi connectivity index (χ0v) is 17.7. The molecule has 6 heteroatoms. The van der Waals surface area contributed by atoms with E-state index in [1.807, 2.05) is 66.9 Å². The normalized spacial score (nSPS) is 22.5. The number of ether oxygens (including phenoxy) is 1. The Hall–Kier alpha value is -3.12. The number of amides is 3. The minimum atomic E-state index is -0.879. The molecule has 2 aliphatic heterocycles. The smallest absolute Gasteiger partial charge is 0.335 e. The number of rotatable bonds is 3. The summed E-state index contributed by atoms with van der Waals surface area (Å²) in [4.78, 5) is 30.8. The Kier molecular flexibility index (Phi) is 4.40. The molecule has 3 heterocycles. The lowest BCUT2D eigenvalue weighted by atomic mass is 9.88. The van der Waals surface area contributed by atoms with Crippen molar-refractivity contribution in [2.24, 2.45) is 0 Å². The van der Waals surface area contributed by atoms with Crippen molar-refractivity contribution in [2.75, 3.05) is 4.90 Å². The molecule has 3 aromatic rings. The van der Waals surface area contributed by atoms with Crippen molar-refractivity contribution in [1.82, 2.24) is 4.90 Å². The van der Waals surface area contributed by atoms with Gasteiger partial charge in [-0.3, -0.25) is 14.6 Å². The van der Waals surface area contributed by atoms with Gasteiger partial charge in [-0.1, -0.05) is 43.3 Å². The van der Waals surface area contributed by atoms with Crippen LogP contribution in [-0.4, -0.2) is 22.6 Å². The number of hydrogen-bond acceptors (Lipinski definition) is 4. The predicted octanol–water partition coefficient (Wildman–Crippen LogP) is 5.63. The summed E-state index contributed by atoms with van der Waals surface area (Å²) < 4.78 is 6.37. The molecule has 2 aromatic carbocycles. The van der Waals surface area contributed by atoms with E-state index in [-0.39, 0.29) is 18.0 Å². The van der Waals surface area contributed by atoms with Crippen LogP contribution in [0.1, 0.15) is 47.1 Å². The molecule has 0 radical (unpaired) electrons. The van der Waals surface area contributed by atoms with E-state index in [0.717, 1.165) is 17.7 Å². The molecule has 1 saturated heterocycles. The van der Waals surface area contributed by atoms with Crippen molar-refractivity contribution in [3.63, 3.8) is 0 Å². The van der Waals surface area contributed by atoms with Crippen molar-refractivity contribution in [2.45, 2.75) is 38.5 Å². The fourth-order valence-electron chi connectivity index (χ4n) is 4.42. The van der Waals surface area contributed by atoms with Gasteiger partial charge in [-0.2, -0.15) is 0 Å². The number of urea groups is 1. The maximum atomic E-state index is 13.8. The third kappa shape index (κ3) is 2.82. The van der Waals surface area contributed by atoms with Crippen LogP contribution in [0.5, 0.6) is 5.75 Å². The summed E-state index contributed by atoms with van der Waals surface area (Å²) in [6.07, 6.45) is 1.42. The van der Waals surface area contributed by atoms with Gasteiger partial charge in [0.2, 0.25) is 0 Å². The van der Waals surface area contributed by atoms with E-state index >= 15 is 0 Å². The molecule has 2 atom stereocenters. The van der Waals surface area contributed by atoms with Crippen LogP contribution in [0.3, 0.4) is 0 Å². The quantitative estimate of drug-likeness (QED) is 0.554. The lowest BCUT2D eigenvalue weighted by Crippen LogP contribution is -2.67. The molecule has 1 fully saturated rings. The number of carbonyl (C=O) groups is 2. The standard InChI is InChI=1S/C24H22N2O3S/c1-3-16-10-12-17(13-11-16)26-23(28)25(22(27)21-9-6-14-30-21)19-15-24(26,2)29-20-8-5-4-7-18(19)20/h4-14,19H,3,15H2,1-2H3/t19-,24-/m0/s1. The van der Waals surface area contributed by atoms with Crippen LogP contribution < -0.4 is 9.64 Å². The van der Waals surface area contributed by atoms with Crippen LogP contribution in [-0.2, 0) is 6.42 Å². The number of benzene rings is 2. The summed E-state index contributed by atoms with van der Waals surface area (Å²) in [6, 6.07) is 18.4. The van der Waals surface area contributed by atoms with E-state index in [2.05, 4.69) is 6.92 Å². The van der Waals surface area contributed by atoms with E-state index in [4.69, 9.17) is 4.74 Å². The van der Waals surface area contributed by atoms with Gasteiger partial charge in [0.15, 0.2) is 5.72 Å². The van der Waals surface area contributed by atoms with Gasteiger partial charge in [0.25, 0.3) is 5.91 Å². The van der Waals surface area contributed by atoms with Gasteiger partial charge in [-0.25, -0.2) is 4.79 Å². The van der Waals surface area contributed by atoms with Crippen molar-refractivity contribution < 1.29 is 14.3 Å². The molecule has 0 aliphatic carbocycles. The highest BCUT2D eigenvalue weighted by Crippen LogP contribution is 2.49. The summed E-state index contributed by atoms with van der Waals surface area (Å²) in [7, 11) is 0. The van der Waals surface area contributed by atoms with Crippen LogP contribution in [0.25, 0.3) is 0 Å². The zero-order valence-electron chi connectivity index (χ0n) is 16.9. The largest absolute Gasteiger partial charge is 0.467 e. The van der Waals surface area contributed by atoms with E-state index < -0.39 is 5.72 Å². The number of carbonyl (C=O) groups excluding carboxylic acids is 2. The highest BCUT2D eigenvalue weighted by Gasteiger charge is 2.55. The van der Waals surface area contributed by atoms with Gasteiger partial charge in [0, 0.05) is 17.7 Å². The van der Waals surface area contributed by atoms with E-state index in [9.17, 15) is 9.59 Å². The summed E-state index contributed by atoms with van der Waals surface area (Å²) >= 11 is 1.35. The van der Waals surface area contributed by atoms with E-state index in [0.29, 0.717) is 17.0 Å². The second-order valence-electron chi connectivity index (χ2n) is 7.83. The number of nitrogens with zero attached hydrogens (tertiary/aromatic N) is 2. The molecule has 1 aromatic heterocycles. The van der Waals surface area contributed by atoms with Gasteiger partial charge in [0.05, 0.1) is 10.9 Å². The Morgan fingerprint density at radius 2 is 1.90 bits per heavy atom. The third-order valence-electron chi connectivity index (χ3n) is 5.92. The highest BCUT2D eigenvalue weighted by molar-refractivity contribution is 7.12. The first-order chi connectivity index (χ1) is 14.5. The minimum Gasteiger partial charge on any atom is -0.467 e. The maximum Gasteiger partial charge on any atom is 0.335 e. The number of imide groups is 1. The molecule has 0 unspecified atom stereocenters. The fraction of sp³-hybridized carbons (Fsp3) is 0.250. The Morgan fingerprint density at radius 1 is 1.13 bits per heavy atom. The number of anilines is 1. The van der Waals surface area contributed by atoms with Crippen molar-refractivity contribution >= 4 is 29.0 Å². The van der Waals surface area contributed by atoms with Crippen LogP contribution >= 0.6 is 11.3 Å². The molecule has 2 aliphatic rings. The molecule has 3 amide bonds. The first kappa shape index (κ1) is 18.9. The monoisotopic (exact) mass is 418 g/mol. The summed E-state index contributed by atoms with van der Waals surface area (Å²) in [5, 5.41) is 1.85. The number of hydrogen-bond donors (Lipinski definition) is 0. The molecule has 152 valence electrons. The van der Waals surface area contributed by atoms with Gasteiger partial charge in [-0.05, 0) is 48.6 Å². The molecular weight excluding hydrogens is 396 g/mol. The van der Waals surface area contributed by atoms with Crippen LogP contribution in [0.15, 0.2) is 66.0 Å². The van der Waals surface area contributed by atoms with Crippen LogP contribution in [0.2, 0.25) is 0 Å². The SMILES string of the molecule is CCc1ccc(N2C(=O)N(C(=O)c3cccs3)[C@H]3C[C@]2(C)Oc2ccccc23)cc1. The number of fused-ring (bicyclic) bond motifs is 4. The van der Waals surface area contributed by atoms with Crippen LogP contribution in [0, 0.1) is 0 Å². The van der Waals surface area contributed by atoms with Gasteiger partial charge >= 0.3 is 6.03 Å². The Bertz CT molecular complexity index is 1110. The predicted molar refractivity (Wildman–Crippen MR) is 117 cm³/mol. The molecule has 2 bridgehead atoms. The van der Waals surface area contributed by atoms with Crippen molar-refractivity contribution in [3.8, 4) is 5.75 Å². The molecule has 0 N–H and O–H groups in total. The summed E-state index contributed by atoms with van der Waals surface area (Å²) in [5.41, 5.74) is 1.90. The average molecular weight is 419 g/mol. The highest BCUT2D eigenvalue weighted by atomic mass is 32.1. The third-order valence-corrected chi connectivity index (χ3v) is 6.77. The van der Waals surface area contributed by atoms with Gasteiger partial charge < -0.3 is 4.74 Å². The van der Waals surface area contributed by atoms with Gasteiger partial charge in [0.1, 0.15) is 5.75 Å². The molecular formula is C24H22N2O3S. The second-order valence-corrected chi connectivity index (χ2v) is 8.77. The Balaban J connectivity index is 1.66. The molecule has 5 nitrogen and oxygen atoms in total. The first-order valence-corrected chi connectivity index (χ1v) is 11.0.